The molecule has 8 nitrogen and oxygen atoms in total. The molecule has 1 rings (SSSR count). The Morgan fingerprint density at radius 2 is 1.50 bits per heavy atom. The Balaban J connectivity index is 0.000000631. The second-order valence-corrected chi connectivity index (χ2v) is 2.67. The summed E-state index contributed by atoms with van der Waals surface area (Å²) in [4.78, 5) is 29.1. The van der Waals surface area contributed by atoms with Gasteiger partial charge in [-0.05, 0) is 5.56 Å². The first kappa shape index (κ1) is 15.2. The smallest absolute Gasteiger partial charge is 0.450 e. The molecule has 0 radical (unpaired) electrons. The van der Waals surface area contributed by atoms with Crippen LogP contribution in [-0.2, 0) is 16.1 Å². The van der Waals surface area contributed by atoms with Gasteiger partial charge in [-0.25, -0.2) is 14.4 Å². The molecule has 0 saturated carbocycles. The van der Waals surface area contributed by atoms with Gasteiger partial charge in [0.2, 0.25) is 0 Å². The molecule has 98 valence electrons. The number of carbonyl (C=O) groups is 3. The third kappa shape index (κ3) is 9.77. The Kier molecular flexibility index (Phi) is 7.10. The summed E-state index contributed by atoms with van der Waals surface area (Å²) in [6, 6.07) is 8.86. The van der Waals surface area contributed by atoms with Crippen LogP contribution in [0.5, 0.6) is 0 Å². The lowest BCUT2D eigenvalue weighted by atomic mass is 10.2. The van der Waals surface area contributed by atoms with Crippen LogP contribution in [0.25, 0.3) is 0 Å². The number of hydrogen-bond acceptors (Lipinski definition) is 5. The predicted octanol–water partition coefficient (Wildman–Crippen LogP) is 2.24. The summed E-state index contributed by atoms with van der Waals surface area (Å²) in [6.45, 7) is -0.00699. The second-order valence-electron chi connectivity index (χ2n) is 2.67. The van der Waals surface area contributed by atoms with E-state index in [9.17, 15) is 9.59 Å². The molecule has 0 amide bonds. The van der Waals surface area contributed by atoms with E-state index in [1.165, 1.54) is 0 Å². The van der Waals surface area contributed by atoms with Crippen molar-refractivity contribution in [2.75, 3.05) is 0 Å². The predicted molar refractivity (Wildman–Crippen MR) is 56.4 cm³/mol. The van der Waals surface area contributed by atoms with Gasteiger partial charge in [0.1, 0.15) is 6.61 Å². The van der Waals surface area contributed by atoms with E-state index in [0.29, 0.717) is 0 Å². The van der Waals surface area contributed by atoms with Gasteiger partial charge in [-0.15, -0.1) is 0 Å². The van der Waals surface area contributed by atoms with Crippen molar-refractivity contribution >= 4 is 18.5 Å². The summed E-state index contributed by atoms with van der Waals surface area (Å²) in [5.41, 5.74) is 0.759. The minimum atomic E-state index is -1.83. The van der Waals surface area contributed by atoms with Crippen LogP contribution in [0.3, 0.4) is 0 Å². The summed E-state index contributed by atoms with van der Waals surface area (Å²) in [7, 11) is 0. The van der Waals surface area contributed by atoms with Crippen LogP contribution < -0.4 is 0 Å². The van der Waals surface area contributed by atoms with Gasteiger partial charge in [0.25, 0.3) is 0 Å². The van der Waals surface area contributed by atoms with Gasteiger partial charge in [0.05, 0.1) is 0 Å². The number of benzene rings is 1. The third-order valence-corrected chi connectivity index (χ3v) is 1.37. The lowest BCUT2D eigenvalue weighted by molar-refractivity contribution is 0.0504. The zero-order chi connectivity index (χ0) is 14.0. The molecule has 0 spiro atoms. The number of ether oxygens (including phenoxy) is 2. The van der Waals surface area contributed by atoms with E-state index >= 15 is 0 Å². The lowest BCUT2D eigenvalue weighted by Gasteiger charge is -2.01. The molecule has 0 unspecified atom stereocenters. The van der Waals surface area contributed by atoms with Gasteiger partial charge < -0.3 is 24.8 Å². The first-order valence-corrected chi connectivity index (χ1v) is 4.45. The maximum absolute atomic E-state index is 10.6. The minimum Gasteiger partial charge on any atom is -0.450 e. The van der Waals surface area contributed by atoms with Gasteiger partial charge in [-0.3, -0.25) is 0 Å². The molecule has 1 aromatic rings. The van der Waals surface area contributed by atoms with Gasteiger partial charge in [0, 0.05) is 0 Å². The van der Waals surface area contributed by atoms with Crippen LogP contribution >= 0.6 is 0 Å². The largest absolute Gasteiger partial charge is 0.518 e. The third-order valence-electron chi connectivity index (χ3n) is 1.37. The van der Waals surface area contributed by atoms with Crippen LogP contribution in [0.2, 0.25) is 0 Å². The van der Waals surface area contributed by atoms with Crippen LogP contribution in [0, 0.1) is 0 Å². The van der Waals surface area contributed by atoms with E-state index in [-0.39, 0.29) is 6.61 Å². The van der Waals surface area contributed by atoms with Crippen molar-refractivity contribution in [3.63, 3.8) is 0 Å². The van der Waals surface area contributed by atoms with Crippen molar-refractivity contribution in [3.8, 4) is 0 Å². The van der Waals surface area contributed by atoms with E-state index < -0.39 is 18.5 Å². The summed E-state index contributed by atoms with van der Waals surface area (Å²) >= 11 is 0. The monoisotopic (exact) mass is 258 g/mol. The first-order chi connectivity index (χ1) is 8.41. The molecule has 0 aromatic heterocycles. The fraction of sp³-hybridized carbons (Fsp3) is 0.100. The molecular formula is C10H10O8. The maximum Gasteiger partial charge on any atom is 0.518 e. The average Bonchev–Trinajstić information content (AvgIpc) is 2.26. The SMILES string of the molecule is O=C(O)O.O=C(O)OC(=O)OCc1ccccc1. The van der Waals surface area contributed by atoms with E-state index in [4.69, 9.17) is 20.1 Å². The van der Waals surface area contributed by atoms with Gasteiger partial charge in [-0.1, -0.05) is 30.3 Å². The molecule has 0 saturated heterocycles. The van der Waals surface area contributed by atoms with Crippen molar-refractivity contribution in [1.29, 1.82) is 0 Å². The highest BCUT2D eigenvalue weighted by Gasteiger charge is 2.08. The van der Waals surface area contributed by atoms with Crippen LogP contribution in [0.4, 0.5) is 14.4 Å². The fourth-order valence-electron chi connectivity index (χ4n) is 0.817. The van der Waals surface area contributed by atoms with Crippen LogP contribution in [-0.4, -0.2) is 33.8 Å². The maximum atomic E-state index is 10.6. The Hall–Kier alpha value is -2.77. The number of hydrogen-bond donors (Lipinski definition) is 3. The molecule has 8 heteroatoms. The molecule has 3 N–H and O–H groups in total. The number of carbonyl (C=O) groups excluding carboxylic acids is 1. The molecule has 0 aliphatic heterocycles. The van der Waals surface area contributed by atoms with E-state index in [2.05, 4.69) is 9.47 Å². The van der Waals surface area contributed by atoms with E-state index in [1.54, 1.807) is 24.3 Å². The Morgan fingerprint density at radius 3 is 1.94 bits per heavy atom. The zero-order valence-corrected chi connectivity index (χ0v) is 8.98. The van der Waals surface area contributed by atoms with Gasteiger partial charge in [-0.2, -0.15) is 0 Å². The summed E-state index contributed by atoms with van der Waals surface area (Å²) < 4.78 is 8.22. The first-order valence-electron chi connectivity index (χ1n) is 4.45. The summed E-state index contributed by atoms with van der Waals surface area (Å²) in [6.07, 6.45) is -4.73. The average molecular weight is 258 g/mol. The quantitative estimate of drug-likeness (QED) is 0.543. The van der Waals surface area contributed by atoms with Crippen molar-refractivity contribution in [1.82, 2.24) is 0 Å². The summed E-state index contributed by atoms with van der Waals surface area (Å²) in [5, 5.41) is 22.0. The molecule has 0 bridgehead atoms. The second kappa shape index (κ2) is 8.39. The number of rotatable bonds is 2. The van der Waals surface area contributed by atoms with E-state index in [1.807, 2.05) is 6.07 Å². The topological polar surface area (TPSA) is 130 Å². The molecule has 0 fully saturated rings. The van der Waals surface area contributed by atoms with Gasteiger partial charge >= 0.3 is 18.5 Å². The highest BCUT2D eigenvalue weighted by Crippen LogP contribution is 2.01. The molecule has 1 aromatic carbocycles. The fourth-order valence-corrected chi connectivity index (χ4v) is 0.817. The van der Waals surface area contributed by atoms with Crippen molar-refractivity contribution in [3.05, 3.63) is 35.9 Å². The lowest BCUT2D eigenvalue weighted by Crippen LogP contribution is -2.11. The van der Waals surface area contributed by atoms with Gasteiger partial charge in [0.15, 0.2) is 0 Å². The minimum absolute atomic E-state index is 0.00699. The normalized spacial score (nSPS) is 8.44. The van der Waals surface area contributed by atoms with Crippen molar-refractivity contribution in [2.45, 2.75) is 6.61 Å². The Labute approximate surface area is 101 Å². The summed E-state index contributed by atoms with van der Waals surface area (Å²) in [5.74, 6) is 0. The zero-order valence-electron chi connectivity index (χ0n) is 8.98. The Bertz CT molecular complexity index is 396. The molecule has 0 heterocycles. The Morgan fingerprint density at radius 1 is 1.00 bits per heavy atom. The molecular weight excluding hydrogens is 248 g/mol. The highest BCUT2D eigenvalue weighted by molar-refractivity contribution is 5.75. The molecule has 0 aliphatic carbocycles. The van der Waals surface area contributed by atoms with Crippen molar-refractivity contribution < 1.29 is 39.2 Å². The molecule has 0 atom stereocenters. The standard InChI is InChI=1S/C9H8O5.CH2O3/c10-8(11)14-9(12)13-6-7-4-2-1-3-5-7;2-1(3)4/h1-5H,6H2,(H,10,11);(H2,2,3,4). The highest BCUT2D eigenvalue weighted by atomic mass is 16.8. The molecule has 18 heavy (non-hydrogen) atoms. The number of carboxylic acid groups (broad SMARTS) is 3. The van der Waals surface area contributed by atoms with Crippen molar-refractivity contribution in [2.24, 2.45) is 0 Å². The van der Waals surface area contributed by atoms with Crippen LogP contribution in [0.15, 0.2) is 30.3 Å². The van der Waals surface area contributed by atoms with Crippen LogP contribution in [0.1, 0.15) is 5.56 Å². The molecule has 0 aliphatic rings. The van der Waals surface area contributed by atoms with E-state index in [0.717, 1.165) is 5.56 Å².